The molecule has 0 radical (unpaired) electrons. The van der Waals surface area contributed by atoms with Crippen LogP contribution in [0.1, 0.15) is 20.8 Å². The average molecular weight is 132 g/mol. The van der Waals surface area contributed by atoms with E-state index >= 15 is 0 Å². The fraction of sp³-hybridized carbons (Fsp3) is 1.00. The average Bonchev–Trinajstić information content (AvgIpc) is 1.63. The highest BCUT2D eigenvalue weighted by atomic mass is 16.5. The molecule has 0 unspecified atom stereocenters. The first-order chi connectivity index (χ1) is 4.16. The maximum atomic E-state index is 5.37. The first-order valence-electron chi connectivity index (χ1n) is 3.31. The molecule has 56 valence electrons. The maximum Gasteiger partial charge on any atom is 0.0783 e. The van der Waals surface area contributed by atoms with Crippen molar-refractivity contribution in [3.63, 3.8) is 0 Å². The van der Waals surface area contributed by atoms with Gasteiger partial charge in [0.1, 0.15) is 0 Å². The Morgan fingerprint density at radius 2 is 1.78 bits per heavy atom. The van der Waals surface area contributed by atoms with E-state index in [4.69, 9.17) is 9.47 Å². The van der Waals surface area contributed by atoms with E-state index in [1.807, 2.05) is 20.8 Å². The molecular formula is C7H16O2. The molecule has 0 aromatic rings. The quantitative estimate of drug-likeness (QED) is 0.576. The summed E-state index contributed by atoms with van der Waals surface area (Å²) in [6.07, 6.45) is 0.519. The van der Waals surface area contributed by atoms with E-state index in [0.717, 1.165) is 0 Å². The number of rotatable bonds is 4. The van der Waals surface area contributed by atoms with Gasteiger partial charge < -0.3 is 9.47 Å². The zero-order valence-electron chi connectivity index (χ0n) is 6.68. The van der Waals surface area contributed by atoms with Gasteiger partial charge in [0.15, 0.2) is 0 Å². The molecule has 0 saturated carbocycles. The minimum Gasteiger partial charge on any atom is -0.382 e. The highest BCUT2D eigenvalue weighted by Crippen LogP contribution is 1.95. The molecule has 0 rings (SSSR count). The smallest absolute Gasteiger partial charge is 0.0783 e. The minimum atomic E-state index is 0.218. The zero-order chi connectivity index (χ0) is 7.28. The van der Waals surface area contributed by atoms with Crippen LogP contribution in [0.15, 0.2) is 0 Å². The molecule has 0 fully saturated rings. The molecule has 2 heteroatoms. The number of hydrogen-bond donors (Lipinski definition) is 0. The summed E-state index contributed by atoms with van der Waals surface area (Å²) in [7, 11) is 1.68. The predicted molar refractivity (Wildman–Crippen MR) is 37.6 cm³/mol. The molecule has 0 aliphatic carbocycles. The van der Waals surface area contributed by atoms with Crippen LogP contribution in [0.3, 0.4) is 0 Å². The lowest BCUT2D eigenvalue weighted by Crippen LogP contribution is -2.18. The zero-order valence-corrected chi connectivity index (χ0v) is 6.68. The van der Waals surface area contributed by atoms with E-state index in [1.54, 1.807) is 7.11 Å². The second-order valence-corrected chi connectivity index (χ2v) is 2.45. The second-order valence-electron chi connectivity index (χ2n) is 2.45. The molecule has 0 amide bonds. The van der Waals surface area contributed by atoms with Crippen LogP contribution in [-0.4, -0.2) is 25.9 Å². The number of methoxy groups -OCH3 is 1. The van der Waals surface area contributed by atoms with Crippen LogP contribution in [0.2, 0.25) is 0 Å². The third-order valence-corrected chi connectivity index (χ3v) is 0.906. The normalized spacial score (nSPS) is 14.3. The van der Waals surface area contributed by atoms with Crippen molar-refractivity contribution in [1.82, 2.24) is 0 Å². The van der Waals surface area contributed by atoms with Crippen molar-refractivity contribution < 1.29 is 9.47 Å². The first-order valence-corrected chi connectivity index (χ1v) is 3.31. The van der Waals surface area contributed by atoms with Crippen LogP contribution < -0.4 is 0 Å². The third-order valence-electron chi connectivity index (χ3n) is 0.906. The molecule has 0 aliphatic rings. The number of hydrogen-bond acceptors (Lipinski definition) is 2. The summed E-state index contributed by atoms with van der Waals surface area (Å²) in [6, 6.07) is 0. The summed E-state index contributed by atoms with van der Waals surface area (Å²) in [4.78, 5) is 0. The summed E-state index contributed by atoms with van der Waals surface area (Å²) in [5.41, 5.74) is 0. The van der Waals surface area contributed by atoms with Gasteiger partial charge in [0.25, 0.3) is 0 Å². The van der Waals surface area contributed by atoms with Crippen molar-refractivity contribution in [1.29, 1.82) is 0 Å². The van der Waals surface area contributed by atoms with Gasteiger partial charge in [0, 0.05) is 7.11 Å². The van der Waals surface area contributed by atoms with E-state index < -0.39 is 0 Å². The monoisotopic (exact) mass is 132 g/mol. The van der Waals surface area contributed by atoms with Crippen molar-refractivity contribution in [2.75, 3.05) is 13.7 Å². The Balaban J connectivity index is 3.15. The highest BCUT2D eigenvalue weighted by Gasteiger charge is 2.01. The summed E-state index contributed by atoms with van der Waals surface area (Å²) in [5.74, 6) is 0. The van der Waals surface area contributed by atoms with Gasteiger partial charge in [0.05, 0.1) is 18.8 Å². The van der Waals surface area contributed by atoms with Gasteiger partial charge in [-0.15, -0.1) is 0 Å². The summed E-state index contributed by atoms with van der Waals surface area (Å²) in [5, 5.41) is 0. The van der Waals surface area contributed by atoms with Gasteiger partial charge in [-0.25, -0.2) is 0 Å². The Morgan fingerprint density at radius 1 is 1.22 bits per heavy atom. The van der Waals surface area contributed by atoms with Crippen molar-refractivity contribution in [2.45, 2.75) is 33.0 Å². The van der Waals surface area contributed by atoms with E-state index in [0.29, 0.717) is 12.7 Å². The lowest BCUT2D eigenvalue weighted by Gasteiger charge is -2.14. The largest absolute Gasteiger partial charge is 0.382 e. The Hall–Kier alpha value is -0.0800. The SMILES string of the molecule is COC[C@@H](C)OC(C)C. The Labute approximate surface area is 57.2 Å². The van der Waals surface area contributed by atoms with Crippen LogP contribution in [-0.2, 0) is 9.47 Å². The topological polar surface area (TPSA) is 18.5 Å². The molecule has 0 aromatic heterocycles. The Bertz CT molecular complexity index is 61.9. The Morgan fingerprint density at radius 3 is 2.11 bits per heavy atom. The summed E-state index contributed by atoms with van der Waals surface area (Å²) < 4.78 is 10.2. The van der Waals surface area contributed by atoms with Crippen molar-refractivity contribution in [3.8, 4) is 0 Å². The standard InChI is InChI=1S/C7H16O2/c1-6(2)9-7(3)5-8-4/h6-7H,5H2,1-4H3/t7-/m1/s1. The minimum absolute atomic E-state index is 0.218. The fourth-order valence-corrected chi connectivity index (χ4v) is 0.739. The molecular weight excluding hydrogens is 116 g/mol. The van der Waals surface area contributed by atoms with Crippen molar-refractivity contribution in [2.24, 2.45) is 0 Å². The van der Waals surface area contributed by atoms with Crippen LogP contribution in [0.25, 0.3) is 0 Å². The molecule has 0 aromatic carbocycles. The molecule has 0 N–H and O–H groups in total. The molecule has 1 atom stereocenters. The second kappa shape index (κ2) is 4.77. The van der Waals surface area contributed by atoms with E-state index in [-0.39, 0.29) is 6.10 Å². The third kappa shape index (κ3) is 5.80. The molecule has 0 saturated heterocycles. The maximum absolute atomic E-state index is 5.37. The lowest BCUT2D eigenvalue weighted by atomic mass is 10.4. The van der Waals surface area contributed by atoms with E-state index in [1.165, 1.54) is 0 Å². The van der Waals surface area contributed by atoms with Crippen LogP contribution in [0, 0.1) is 0 Å². The van der Waals surface area contributed by atoms with Gasteiger partial charge in [-0.3, -0.25) is 0 Å². The first kappa shape index (κ1) is 8.92. The van der Waals surface area contributed by atoms with Crippen LogP contribution >= 0.6 is 0 Å². The van der Waals surface area contributed by atoms with Crippen LogP contribution in [0.5, 0.6) is 0 Å². The van der Waals surface area contributed by atoms with E-state index in [2.05, 4.69) is 0 Å². The lowest BCUT2D eigenvalue weighted by molar-refractivity contribution is -0.0233. The number of ether oxygens (including phenoxy) is 2. The Kier molecular flexibility index (Phi) is 4.72. The van der Waals surface area contributed by atoms with Gasteiger partial charge in [-0.1, -0.05) is 0 Å². The van der Waals surface area contributed by atoms with Crippen molar-refractivity contribution in [3.05, 3.63) is 0 Å². The fourth-order valence-electron chi connectivity index (χ4n) is 0.739. The van der Waals surface area contributed by atoms with Crippen LogP contribution in [0.4, 0.5) is 0 Å². The van der Waals surface area contributed by atoms with Gasteiger partial charge in [-0.2, -0.15) is 0 Å². The predicted octanol–water partition coefficient (Wildman–Crippen LogP) is 1.45. The molecule has 9 heavy (non-hydrogen) atoms. The van der Waals surface area contributed by atoms with Gasteiger partial charge in [-0.05, 0) is 20.8 Å². The van der Waals surface area contributed by atoms with Gasteiger partial charge in [0.2, 0.25) is 0 Å². The molecule has 2 nitrogen and oxygen atoms in total. The van der Waals surface area contributed by atoms with Gasteiger partial charge >= 0.3 is 0 Å². The highest BCUT2D eigenvalue weighted by molar-refractivity contribution is 4.48. The molecule has 0 aliphatic heterocycles. The van der Waals surface area contributed by atoms with Crippen molar-refractivity contribution >= 4 is 0 Å². The van der Waals surface area contributed by atoms with E-state index in [9.17, 15) is 0 Å². The summed E-state index contributed by atoms with van der Waals surface area (Å²) >= 11 is 0. The summed E-state index contributed by atoms with van der Waals surface area (Å²) in [6.45, 7) is 6.72. The molecule has 0 spiro atoms. The molecule has 0 heterocycles. The molecule has 0 bridgehead atoms.